The van der Waals surface area contributed by atoms with Crippen molar-refractivity contribution in [3.8, 4) is 11.5 Å². The number of non-ortho nitro benzene ring substituents is 1. The Labute approximate surface area is 160 Å². The van der Waals surface area contributed by atoms with Gasteiger partial charge in [-0.05, 0) is 48.0 Å². The number of nitro groups is 1. The maximum Gasteiger partial charge on any atom is 0.416 e. The molecule has 29 heavy (non-hydrogen) atoms. The Balaban J connectivity index is 1.63. The van der Waals surface area contributed by atoms with Crippen LogP contribution in [0.5, 0.6) is 0 Å². The molecule has 0 aliphatic rings. The summed E-state index contributed by atoms with van der Waals surface area (Å²) in [6.45, 7) is 0. The number of carbonyl (C=O) groups excluding carboxylic acids is 1. The van der Waals surface area contributed by atoms with Gasteiger partial charge in [0.15, 0.2) is 0 Å². The molecule has 2 aromatic carbocycles. The van der Waals surface area contributed by atoms with Crippen LogP contribution in [-0.4, -0.2) is 21.0 Å². The summed E-state index contributed by atoms with van der Waals surface area (Å²) >= 11 is 0. The van der Waals surface area contributed by atoms with Crippen LogP contribution in [0, 0.1) is 10.1 Å². The van der Waals surface area contributed by atoms with Crippen LogP contribution in [-0.2, 0) is 11.0 Å². The van der Waals surface area contributed by atoms with Crippen LogP contribution >= 0.6 is 0 Å². The van der Waals surface area contributed by atoms with Gasteiger partial charge in [-0.1, -0.05) is 5.10 Å². The van der Waals surface area contributed by atoms with Crippen molar-refractivity contribution < 1.29 is 27.3 Å². The number of nitrogens with one attached hydrogen (secondary N) is 1. The molecule has 0 radical (unpaired) electrons. The minimum Gasteiger partial charge on any atom is -0.403 e. The zero-order chi connectivity index (χ0) is 21.0. The summed E-state index contributed by atoms with van der Waals surface area (Å²) in [5.41, 5.74) is -0.0759. The van der Waals surface area contributed by atoms with Gasteiger partial charge >= 0.3 is 12.2 Å². The van der Waals surface area contributed by atoms with E-state index in [4.69, 9.17) is 4.42 Å². The van der Waals surface area contributed by atoms with E-state index in [0.29, 0.717) is 5.56 Å². The number of anilines is 1. The molecule has 0 unspecified atom stereocenters. The smallest absolute Gasteiger partial charge is 0.403 e. The number of aromatic nitrogens is 2. The van der Waals surface area contributed by atoms with Crippen molar-refractivity contribution in [3.63, 3.8) is 0 Å². The highest BCUT2D eigenvalue weighted by atomic mass is 19.4. The number of hydrogen-bond acceptors (Lipinski definition) is 6. The molecule has 1 amide bonds. The number of hydrogen-bond donors (Lipinski definition) is 1. The molecule has 0 aliphatic carbocycles. The Morgan fingerprint density at radius 1 is 1.07 bits per heavy atom. The zero-order valence-corrected chi connectivity index (χ0v) is 14.4. The van der Waals surface area contributed by atoms with Crippen LogP contribution in [0.25, 0.3) is 17.5 Å². The van der Waals surface area contributed by atoms with E-state index < -0.39 is 22.6 Å². The van der Waals surface area contributed by atoms with Crippen LogP contribution in [0.15, 0.2) is 59.0 Å². The van der Waals surface area contributed by atoms with Gasteiger partial charge in [0.2, 0.25) is 5.89 Å². The average molecular weight is 404 g/mol. The molecule has 0 aliphatic heterocycles. The number of amides is 1. The summed E-state index contributed by atoms with van der Waals surface area (Å²) in [4.78, 5) is 22.0. The normalized spacial score (nSPS) is 11.6. The van der Waals surface area contributed by atoms with Gasteiger partial charge in [0.05, 0.1) is 10.5 Å². The predicted octanol–water partition coefficient (Wildman–Crippen LogP) is 4.32. The highest BCUT2D eigenvalue weighted by molar-refractivity contribution is 6.00. The monoisotopic (exact) mass is 404 g/mol. The molecule has 0 atom stereocenters. The second-order valence-electron chi connectivity index (χ2n) is 5.66. The highest BCUT2D eigenvalue weighted by Gasteiger charge is 2.30. The van der Waals surface area contributed by atoms with Crippen molar-refractivity contribution >= 4 is 23.7 Å². The van der Waals surface area contributed by atoms with Crippen LogP contribution in [0.3, 0.4) is 0 Å². The van der Waals surface area contributed by atoms with E-state index >= 15 is 0 Å². The first-order chi connectivity index (χ1) is 13.7. The SMILES string of the molecule is O=C(/C=C/c1ccc([N+](=O)[O-])cc1)Nc1nnc(-c2ccc(C(F)(F)F)cc2)o1. The van der Waals surface area contributed by atoms with Crippen molar-refractivity contribution in [1.29, 1.82) is 0 Å². The fourth-order valence-corrected chi connectivity index (χ4v) is 2.22. The van der Waals surface area contributed by atoms with Crippen molar-refractivity contribution in [2.24, 2.45) is 0 Å². The summed E-state index contributed by atoms with van der Waals surface area (Å²) in [5, 5.41) is 20.2. The molecule has 0 saturated carbocycles. The molecule has 8 nitrogen and oxygen atoms in total. The first kappa shape index (κ1) is 19.7. The number of nitrogens with zero attached hydrogens (tertiary/aromatic N) is 3. The van der Waals surface area contributed by atoms with Crippen LogP contribution < -0.4 is 5.32 Å². The number of alkyl halides is 3. The van der Waals surface area contributed by atoms with Crippen molar-refractivity contribution in [1.82, 2.24) is 10.2 Å². The molecule has 3 aromatic rings. The fourth-order valence-electron chi connectivity index (χ4n) is 2.22. The third kappa shape index (κ3) is 5.03. The zero-order valence-electron chi connectivity index (χ0n) is 14.4. The van der Waals surface area contributed by atoms with Gasteiger partial charge in [-0.25, -0.2) is 0 Å². The van der Waals surface area contributed by atoms with Gasteiger partial charge in [-0.2, -0.15) is 13.2 Å². The van der Waals surface area contributed by atoms with E-state index in [1.165, 1.54) is 42.5 Å². The molecule has 0 bridgehead atoms. The van der Waals surface area contributed by atoms with Gasteiger partial charge in [-0.3, -0.25) is 20.2 Å². The summed E-state index contributed by atoms with van der Waals surface area (Å²) in [6.07, 6.45) is -1.88. The van der Waals surface area contributed by atoms with Gasteiger partial charge in [0.1, 0.15) is 0 Å². The second kappa shape index (κ2) is 7.92. The Kier molecular flexibility index (Phi) is 5.39. The molecule has 0 saturated heterocycles. The lowest BCUT2D eigenvalue weighted by atomic mass is 10.1. The third-order valence-corrected chi connectivity index (χ3v) is 3.65. The molecule has 3 rings (SSSR count). The first-order valence-electron chi connectivity index (χ1n) is 7.97. The van der Waals surface area contributed by atoms with E-state index in [0.717, 1.165) is 18.2 Å². The van der Waals surface area contributed by atoms with Gasteiger partial charge in [0, 0.05) is 23.8 Å². The van der Waals surface area contributed by atoms with Crippen molar-refractivity contribution in [3.05, 3.63) is 75.8 Å². The van der Waals surface area contributed by atoms with Crippen molar-refractivity contribution in [2.45, 2.75) is 6.18 Å². The molecule has 0 spiro atoms. The van der Waals surface area contributed by atoms with Gasteiger partial charge in [-0.15, -0.1) is 5.10 Å². The average Bonchev–Trinajstić information content (AvgIpc) is 3.14. The lowest BCUT2D eigenvalue weighted by molar-refractivity contribution is -0.384. The Morgan fingerprint density at radius 3 is 2.31 bits per heavy atom. The van der Waals surface area contributed by atoms with Crippen LogP contribution in [0.2, 0.25) is 0 Å². The highest BCUT2D eigenvalue weighted by Crippen LogP contribution is 2.30. The number of rotatable bonds is 5. The summed E-state index contributed by atoms with van der Waals surface area (Å²) in [6, 6.07) is 9.41. The molecule has 1 aromatic heterocycles. The Morgan fingerprint density at radius 2 is 1.72 bits per heavy atom. The lowest BCUT2D eigenvalue weighted by Gasteiger charge is -2.05. The first-order valence-corrected chi connectivity index (χ1v) is 7.97. The Bertz CT molecular complexity index is 1060. The number of carbonyl (C=O) groups is 1. The van der Waals surface area contributed by atoms with E-state index in [1.807, 2.05) is 0 Å². The van der Waals surface area contributed by atoms with E-state index in [2.05, 4.69) is 15.5 Å². The van der Waals surface area contributed by atoms with E-state index in [-0.39, 0.29) is 23.2 Å². The summed E-state index contributed by atoms with van der Waals surface area (Å²) < 4.78 is 43.0. The van der Waals surface area contributed by atoms with Gasteiger partial charge in [0.25, 0.3) is 11.6 Å². The summed E-state index contributed by atoms with van der Waals surface area (Å²) in [5.74, 6) is -0.667. The fraction of sp³-hybridized carbons (Fsp3) is 0.0556. The van der Waals surface area contributed by atoms with Gasteiger partial charge < -0.3 is 4.42 Å². The number of nitro benzene ring substituents is 1. The van der Waals surface area contributed by atoms with Crippen LogP contribution in [0.4, 0.5) is 24.9 Å². The number of halogens is 3. The quantitative estimate of drug-likeness (QED) is 0.385. The Hall–Kier alpha value is -4.02. The largest absolute Gasteiger partial charge is 0.416 e. The lowest BCUT2D eigenvalue weighted by Crippen LogP contribution is -2.07. The molecular weight excluding hydrogens is 393 g/mol. The minimum absolute atomic E-state index is 0.0617. The van der Waals surface area contributed by atoms with E-state index in [1.54, 1.807) is 0 Å². The minimum atomic E-state index is -4.46. The maximum absolute atomic E-state index is 12.6. The standard InChI is InChI=1S/C18H11F3N4O4/c19-18(20,21)13-6-4-12(5-7-13)16-23-24-17(29-16)22-15(26)10-3-11-1-8-14(9-2-11)25(27)28/h1-10H,(H,22,24,26)/b10-3+. The molecule has 1 heterocycles. The molecular formula is C18H11F3N4O4. The summed E-state index contributed by atoms with van der Waals surface area (Å²) in [7, 11) is 0. The van der Waals surface area contributed by atoms with Crippen molar-refractivity contribution in [2.75, 3.05) is 5.32 Å². The number of benzene rings is 2. The van der Waals surface area contributed by atoms with E-state index in [9.17, 15) is 28.1 Å². The molecule has 148 valence electrons. The predicted molar refractivity (Wildman–Crippen MR) is 95.5 cm³/mol. The molecule has 11 heteroatoms. The van der Waals surface area contributed by atoms with Crippen LogP contribution in [0.1, 0.15) is 11.1 Å². The second-order valence-corrected chi connectivity index (χ2v) is 5.66. The maximum atomic E-state index is 12.6. The topological polar surface area (TPSA) is 111 Å². The molecule has 1 N–H and O–H groups in total. The third-order valence-electron chi connectivity index (χ3n) is 3.65. The molecule has 0 fully saturated rings.